The molecule has 0 aliphatic carbocycles. The van der Waals surface area contributed by atoms with E-state index in [0.29, 0.717) is 17.6 Å². The molecular weight excluding hydrogens is 254 g/mol. The van der Waals surface area contributed by atoms with Crippen molar-refractivity contribution < 1.29 is 9.84 Å². The number of aliphatic hydroxyl groups excluding tert-OH is 1. The van der Waals surface area contributed by atoms with Crippen LogP contribution in [0.5, 0.6) is 11.6 Å². The van der Waals surface area contributed by atoms with Gasteiger partial charge in [0, 0.05) is 23.9 Å². The first kappa shape index (κ1) is 14.3. The third kappa shape index (κ3) is 3.45. The van der Waals surface area contributed by atoms with Crippen molar-refractivity contribution in [2.24, 2.45) is 0 Å². The van der Waals surface area contributed by atoms with Crippen molar-refractivity contribution in [1.29, 1.82) is 0 Å². The summed E-state index contributed by atoms with van der Waals surface area (Å²) in [4.78, 5) is 8.56. The van der Waals surface area contributed by atoms with Gasteiger partial charge in [0.1, 0.15) is 5.75 Å². The summed E-state index contributed by atoms with van der Waals surface area (Å²) in [6.45, 7) is 4.72. The van der Waals surface area contributed by atoms with E-state index in [-0.39, 0.29) is 6.61 Å². The van der Waals surface area contributed by atoms with Crippen molar-refractivity contribution in [3.8, 4) is 11.6 Å². The summed E-state index contributed by atoms with van der Waals surface area (Å²) in [6, 6.07) is 7.36. The zero-order valence-corrected chi connectivity index (χ0v) is 11.8. The first-order valence-corrected chi connectivity index (χ1v) is 6.68. The molecule has 5 nitrogen and oxygen atoms in total. The summed E-state index contributed by atoms with van der Waals surface area (Å²) in [5.74, 6) is 1.66. The lowest BCUT2D eigenvalue weighted by molar-refractivity contribution is 0.276. The molecule has 1 aromatic carbocycles. The van der Waals surface area contributed by atoms with Crippen LogP contribution in [-0.4, -0.2) is 21.6 Å². The number of anilines is 1. The molecule has 1 aromatic heterocycles. The van der Waals surface area contributed by atoms with Gasteiger partial charge in [0.05, 0.1) is 6.61 Å². The van der Waals surface area contributed by atoms with Gasteiger partial charge in [-0.25, -0.2) is 4.98 Å². The van der Waals surface area contributed by atoms with Crippen LogP contribution in [0, 0.1) is 6.92 Å². The van der Waals surface area contributed by atoms with Crippen LogP contribution in [0.4, 0.5) is 5.95 Å². The lowest BCUT2D eigenvalue weighted by Crippen LogP contribution is -2.05. The van der Waals surface area contributed by atoms with Crippen molar-refractivity contribution >= 4 is 5.95 Å². The molecular formula is C15H19N3O2. The Kier molecular flexibility index (Phi) is 4.90. The van der Waals surface area contributed by atoms with E-state index in [1.165, 1.54) is 0 Å². The van der Waals surface area contributed by atoms with Crippen molar-refractivity contribution in [1.82, 2.24) is 9.97 Å². The zero-order valence-electron chi connectivity index (χ0n) is 11.8. The maximum absolute atomic E-state index is 9.31. The normalized spacial score (nSPS) is 10.3. The molecule has 0 saturated carbocycles. The van der Waals surface area contributed by atoms with E-state index in [2.05, 4.69) is 22.2 Å². The van der Waals surface area contributed by atoms with Crippen molar-refractivity contribution in [2.45, 2.75) is 26.9 Å². The van der Waals surface area contributed by atoms with Gasteiger partial charge in [-0.1, -0.05) is 25.1 Å². The third-order valence-corrected chi connectivity index (χ3v) is 2.81. The minimum Gasteiger partial charge on any atom is -0.438 e. The molecule has 0 saturated heterocycles. The van der Waals surface area contributed by atoms with Crippen LogP contribution in [0.1, 0.15) is 24.5 Å². The smallest absolute Gasteiger partial charge is 0.226 e. The largest absolute Gasteiger partial charge is 0.438 e. The van der Waals surface area contributed by atoms with Crippen molar-refractivity contribution in [3.63, 3.8) is 0 Å². The van der Waals surface area contributed by atoms with Gasteiger partial charge >= 0.3 is 0 Å². The maximum atomic E-state index is 9.31. The average Bonchev–Trinajstić information content (AvgIpc) is 2.48. The fourth-order valence-corrected chi connectivity index (χ4v) is 1.69. The highest BCUT2D eigenvalue weighted by molar-refractivity contribution is 5.39. The number of para-hydroxylation sites is 1. The third-order valence-electron chi connectivity index (χ3n) is 2.81. The van der Waals surface area contributed by atoms with Gasteiger partial charge in [-0.15, -0.1) is 0 Å². The van der Waals surface area contributed by atoms with Crippen LogP contribution < -0.4 is 10.1 Å². The first-order chi connectivity index (χ1) is 9.74. The average molecular weight is 273 g/mol. The Bertz CT molecular complexity index is 573. The molecule has 0 amide bonds. The van der Waals surface area contributed by atoms with E-state index in [1.807, 2.05) is 31.2 Å². The Hall–Kier alpha value is -2.14. The molecule has 1 heterocycles. The van der Waals surface area contributed by atoms with Crippen LogP contribution in [0.3, 0.4) is 0 Å². The van der Waals surface area contributed by atoms with Crippen LogP contribution in [0.2, 0.25) is 0 Å². The number of nitrogens with zero attached hydrogens (tertiary/aromatic N) is 2. The second-order valence-corrected chi connectivity index (χ2v) is 4.48. The Morgan fingerprint density at radius 3 is 2.85 bits per heavy atom. The summed E-state index contributed by atoms with van der Waals surface area (Å²) in [7, 11) is 0. The Labute approximate surface area is 118 Å². The number of aromatic nitrogens is 2. The van der Waals surface area contributed by atoms with E-state index in [4.69, 9.17) is 4.74 Å². The number of rotatable bonds is 6. The molecule has 0 spiro atoms. The number of aryl methyl sites for hydroxylation is 1. The lowest BCUT2D eigenvalue weighted by atomic mass is 10.2. The van der Waals surface area contributed by atoms with E-state index in [9.17, 15) is 5.11 Å². The topological polar surface area (TPSA) is 67.3 Å². The van der Waals surface area contributed by atoms with Gasteiger partial charge < -0.3 is 15.2 Å². The molecule has 0 bridgehead atoms. The number of benzene rings is 1. The van der Waals surface area contributed by atoms with Gasteiger partial charge in [-0.3, -0.25) is 0 Å². The van der Waals surface area contributed by atoms with Gasteiger partial charge in [-0.2, -0.15) is 4.98 Å². The van der Waals surface area contributed by atoms with Crippen LogP contribution in [-0.2, 0) is 6.61 Å². The zero-order chi connectivity index (χ0) is 14.4. The predicted molar refractivity (Wildman–Crippen MR) is 78.0 cm³/mol. The highest BCUT2D eigenvalue weighted by atomic mass is 16.5. The van der Waals surface area contributed by atoms with Gasteiger partial charge in [0.25, 0.3) is 0 Å². The summed E-state index contributed by atoms with van der Waals surface area (Å²) in [5, 5.41) is 12.4. The molecule has 0 fully saturated rings. The van der Waals surface area contributed by atoms with Gasteiger partial charge in [-0.05, 0) is 19.4 Å². The van der Waals surface area contributed by atoms with E-state index < -0.39 is 0 Å². The number of hydrogen-bond donors (Lipinski definition) is 2. The summed E-state index contributed by atoms with van der Waals surface area (Å²) >= 11 is 0. The van der Waals surface area contributed by atoms with Gasteiger partial charge in [0.15, 0.2) is 0 Å². The molecule has 0 radical (unpaired) electrons. The second kappa shape index (κ2) is 6.86. The molecule has 2 rings (SSSR count). The van der Waals surface area contributed by atoms with Crippen LogP contribution >= 0.6 is 0 Å². The lowest BCUT2D eigenvalue weighted by Gasteiger charge is -2.11. The molecule has 0 unspecified atom stereocenters. The summed E-state index contributed by atoms with van der Waals surface area (Å²) in [5.41, 5.74) is 1.58. The highest BCUT2D eigenvalue weighted by Crippen LogP contribution is 2.26. The minimum atomic E-state index is -0.0682. The first-order valence-electron chi connectivity index (χ1n) is 6.68. The Morgan fingerprint density at radius 2 is 2.10 bits per heavy atom. The Balaban J connectivity index is 2.23. The standard InChI is InChI=1S/C15H19N3O2/c1-3-8-16-15-17-9-11(2)14(18-15)20-13-7-5-4-6-12(13)10-19/h4-7,9,19H,3,8,10H2,1-2H3,(H,16,17,18). The fourth-order valence-electron chi connectivity index (χ4n) is 1.69. The number of hydrogen-bond acceptors (Lipinski definition) is 5. The van der Waals surface area contributed by atoms with Crippen LogP contribution in [0.25, 0.3) is 0 Å². The number of nitrogens with one attached hydrogen (secondary N) is 1. The molecule has 0 aliphatic rings. The number of ether oxygens (including phenoxy) is 1. The predicted octanol–water partition coefficient (Wildman–Crippen LogP) is 2.89. The second-order valence-electron chi connectivity index (χ2n) is 4.48. The molecule has 106 valence electrons. The molecule has 0 aliphatic heterocycles. The van der Waals surface area contributed by atoms with E-state index in [0.717, 1.165) is 24.1 Å². The number of aliphatic hydroxyl groups is 1. The molecule has 5 heteroatoms. The monoisotopic (exact) mass is 273 g/mol. The fraction of sp³-hybridized carbons (Fsp3) is 0.333. The van der Waals surface area contributed by atoms with Crippen LogP contribution in [0.15, 0.2) is 30.5 Å². The van der Waals surface area contributed by atoms with E-state index >= 15 is 0 Å². The molecule has 2 N–H and O–H groups in total. The van der Waals surface area contributed by atoms with Gasteiger partial charge in [0.2, 0.25) is 11.8 Å². The summed E-state index contributed by atoms with van der Waals surface area (Å²) < 4.78 is 5.80. The molecule has 20 heavy (non-hydrogen) atoms. The van der Waals surface area contributed by atoms with Crippen molar-refractivity contribution in [2.75, 3.05) is 11.9 Å². The molecule has 2 aromatic rings. The SMILES string of the molecule is CCCNc1ncc(C)c(Oc2ccccc2CO)n1. The van der Waals surface area contributed by atoms with E-state index in [1.54, 1.807) is 6.20 Å². The minimum absolute atomic E-state index is 0.0682. The maximum Gasteiger partial charge on any atom is 0.226 e. The van der Waals surface area contributed by atoms with Crippen molar-refractivity contribution in [3.05, 3.63) is 41.6 Å². The quantitative estimate of drug-likeness (QED) is 0.847. The Morgan fingerprint density at radius 1 is 1.30 bits per heavy atom. The highest BCUT2D eigenvalue weighted by Gasteiger charge is 2.08. The summed E-state index contributed by atoms with van der Waals surface area (Å²) in [6.07, 6.45) is 2.72. The molecule has 0 atom stereocenters.